The Hall–Kier alpha value is -0.380. The number of hydrogen-bond acceptors (Lipinski definition) is 1. The van der Waals surface area contributed by atoms with Gasteiger partial charge in [-0.1, -0.05) is 0 Å². The Kier molecular flexibility index (Phi) is 3.47. The molecule has 1 aliphatic heterocycles. The van der Waals surface area contributed by atoms with Gasteiger partial charge in [0.25, 0.3) is 0 Å². The van der Waals surface area contributed by atoms with Crippen molar-refractivity contribution in [3.63, 3.8) is 0 Å². The van der Waals surface area contributed by atoms with Gasteiger partial charge in [-0.15, -0.1) is 11.6 Å². The van der Waals surface area contributed by atoms with Gasteiger partial charge in [0, 0.05) is 19.0 Å². The van der Waals surface area contributed by atoms with Crippen molar-refractivity contribution in [2.75, 3.05) is 13.1 Å². The number of hydrogen-bond donors (Lipinski definition) is 0. The fourth-order valence-electron chi connectivity index (χ4n) is 1.44. The molecule has 0 radical (unpaired) electrons. The van der Waals surface area contributed by atoms with E-state index in [9.17, 15) is 13.6 Å². The summed E-state index contributed by atoms with van der Waals surface area (Å²) in [5, 5.41) is -0.614. The number of carbonyl (C=O) groups excluding carboxylic acids is 1. The third-order valence-corrected chi connectivity index (χ3v) is 2.42. The molecule has 0 aliphatic carbocycles. The molecule has 0 N–H and O–H groups in total. The second-order valence-electron chi connectivity index (χ2n) is 3.28. The van der Waals surface area contributed by atoms with E-state index in [1.807, 2.05) is 0 Å². The van der Waals surface area contributed by atoms with E-state index in [1.54, 1.807) is 6.92 Å². The molecule has 0 bridgehead atoms. The van der Waals surface area contributed by atoms with Crippen molar-refractivity contribution >= 4 is 17.5 Å². The molecular formula is C8H12ClF2NO. The van der Waals surface area contributed by atoms with E-state index < -0.39 is 17.7 Å². The minimum absolute atomic E-state index is 0.146. The van der Waals surface area contributed by atoms with Crippen molar-refractivity contribution in [1.29, 1.82) is 0 Å². The Balaban J connectivity index is 2.45. The predicted molar refractivity (Wildman–Crippen MR) is 46.0 cm³/mol. The van der Waals surface area contributed by atoms with E-state index in [2.05, 4.69) is 0 Å². The first-order valence-electron chi connectivity index (χ1n) is 4.23. The van der Waals surface area contributed by atoms with Gasteiger partial charge >= 0.3 is 0 Å². The molecule has 2 atom stereocenters. The molecule has 1 saturated heterocycles. The number of halogens is 3. The molecule has 1 fully saturated rings. The fraction of sp³-hybridized carbons (Fsp3) is 0.875. The van der Waals surface area contributed by atoms with Crippen molar-refractivity contribution in [2.45, 2.75) is 25.1 Å². The zero-order chi connectivity index (χ0) is 10.0. The van der Waals surface area contributed by atoms with Crippen LogP contribution in [0.1, 0.15) is 13.3 Å². The van der Waals surface area contributed by atoms with Crippen molar-refractivity contribution < 1.29 is 13.6 Å². The summed E-state index contributed by atoms with van der Waals surface area (Å²) in [5.41, 5.74) is 0. The molecule has 0 aromatic heterocycles. The summed E-state index contributed by atoms with van der Waals surface area (Å²) in [6.45, 7) is 2.11. The Bertz CT molecular complexity index is 199. The van der Waals surface area contributed by atoms with Crippen LogP contribution in [-0.2, 0) is 4.79 Å². The van der Waals surface area contributed by atoms with E-state index in [1.165, 1.54) is 4.90 Å². The van der Waals surface area contributed by atoms with Crippen LogP contribution in [0.15, 0.2) is 0 Å². The highest BCUT2D eigenvalue weighted by molar-refractivity contribution is 6.30. The first-order chi connectivity index (χ1) is 6.02. The highest BCUT2D eigenvalue weighted by atomic mass is 35.5. The quantitative estimate of drug-likeness (QED) is 0.637. The third kappa shape index (κ3) is 2.53. The van der Waals surface area contributed by atoms with Gasteiger partial charge in [-0.25, -0.2) is 8.78 Å². The molecule has 0 aromatic rings. The normalized spacial score (nSPS) is 25.3. The largest absolute Gasteiger partial charge is 0.341 e. The molecule has 0 saturated carbocycles. The van der Waals surface area contributed by atoms with E-state index in [-0.39, 0.29) is 12.5 Å². The lowest BCUT2D eigenvalue weighted by atomic mass is 10.1. The standard InChI is InChI=1S/C8H12ClF2NO/c1-5(9)8(13)12-3-2-6(4-12)7(10)11/h5-7H,2-4H2,1H3/t5-,6-/m0/s1. The van der Waals surface area contributed by atoms with Crippen LogP contribution in [0, 0.1) is 5.92 Å². The van der Waals surface area contributed by atoms with Gasteiger partial charge in [0.05, 0.1) is 0 Å². The summed E-state index contributed by atoms with van der Waals surface area (Å²) in [4.78, 5) is 12.7. The molecule has 0 spiro atoms. The summed E-state index contributed by atoms with van der Waals surface area (Å²) < 4.78 is 24.4. The summed E-state index contributed by atoms with van der Waals surface area (Å²) in [6, 6.07) is 0. The zero-order valence-corrected chi connectivity index (χ0v) is 8.10. The molecule has 0 aromatic carbocycles. The van der Waals surface area contributed by atoms with Gasteiger partial charge in [0.1, 0.15) is 5.38 Å². The van der Waals surface area contributed by atoms with Crippen LogP contribution in [0.3, 0.4) is 0 Å². The first-order valence-corrected chi connectivity index (χ1v) is 4.67. The van der Waals surface area contributed by atoms with Gasteiger partial charge in [-0.05, 0) is 13.3 Å². The molecule has 13 heavy (non-hydrogen) atoms. The van der Waals surface area contributed by atoms with E-state index in [0.29, 0.717) is 13.0 Å². The average Bonchev–Trinajstić information content (AvgIpc) is 2.50. The van der Waals surface area contributed by atoms with Crippen LogP contribution in [0.25, 0.3) is 0 Å². The lowest BCUT2D eigenvalue weighted by Gasteiger charge is -2.17. The summed E-state index contributed by atoms with van der Waals surface area (Å²) >= 11 is 5.56. The monoisotopic (exact) mass is 211 g/mol. The number of carbonyl (C=O) groups is 1. The Morgan fingerprint density at radius 2 is 2.23 bits per heavy atom. The third-order valence-electron chi connectivity index (χ3n) is 2.23. The highest BCUT2D eigenvalue weighted by Gasteiger charge is 2.32. The van der Waals surface area contributed by atoms with Crippen molar-refractivity contribution in [3.8, 4) is 0 Å². The Labute approximate surface area is 80.8 Å². The Morgan fingerprint density at radius 3 is 2.62 bits per heavy atom. The lowest BCUT2D eigenvalue weighted by Crippen LogP contribution is -2.34. The Morgan fingerprint density at radius 1 is 1.62 bits per heavy atom. The first kappa shape index (κ1) is 10.7. The van der Waals surface area contributed by atoms with Crippen LogP contribution < -0.4 is 0 Å². The van der Waals surface area contributed by atoms with E-state index in [4.69, 9.17) is 11.6 Å². The van der Waals surface area contributed by atoms with Crippen molar-refractivity contribution in [1.82, 2.24) is 4.90 Å². The maximum Gasteiger partial charge on any atom is 0.243 e. The minimum atomic E-state index is -2.33. The van der Waals surface area contributed by atoms with Gasteiger partial charge in [0.2, 0.25) is 12.3 Å². The number of nitrogens with zero attached hydrogens (tertiary/aromatic N) is 1. The summed E-state index contributed by atoms with van der Waals surface area (Å²) in [5.74, 6) is -0.913. The molecular weight excluding hydrogens is 200 g/mol. The molecule has 1 amide bonds. The van der Waals surface area contributed by atoms with Crippen LogP contribution in [-0.4, -0.2) is 35.7 Å². The van der Waals surface area contributed by atoms with Gasteiger partial charge in [-0.3, -0.25) is 4.79 Å². The smallest absolute Gasteiger partial charge is 0.243 e. The number of amides is 1. The second-order valence-corrected chi connectivity index (χ2v) is 3.94. The molecule has 2 nitrogen and oxygen atoms in total. The maximum absolute atomic E-state index is 12.2. The maximum atomic E-state index is 12.2. The summed E-state index contributed by atoms with van der Waals surface area (Å²) in [7, 11) is 0. The zero-order valence-electron chi connectivity index (χ0n) is 7.34. The van der Waals surface area contributed by atoms with E-state index in [0.717, 1.165) is 0 Å². The minimum Gasteiger partial charge on any atom is -0.341 e. The molecule has 1 heterocycles. The van der Waals surface area contributed by atoms with Crippen molar-refractivity contribution in [3.05, 3.63) is 0 Å². The van der Waals surface area contributed by atoms with Gasteiger partial charge < -0.3 is 4.90 Å². The SMILES string of the molecule is C[C@H](Cl)C(=O)N1CC[C@H](C(F)F)C1. The molecule has 1 rings (SSSR count). The van der Waals surface area contributed by atoms with Crippen LogP contribution in [0.5, 0.6) is 0 Å². The van der Waals surface area contributed by atoms with E-state index >= 15 is 0 Å². The van der Waals surface area contributed by atoms with Crippen LogP contribution >= 0.6 is 11.6 Å². The lowest BCUT2D eigenvalue weighted by molar-refractivity contribution is -0.129. The second kappa shape index (κ2) is 4.22. The predicted octanol–water partition coefficient (Wildman–Crippen LogP) is 1.73. The molecule has 76 valence electrons. The van der Waals surface area contributed by atoms with Crippen molar-refractivity contribution in [2.24, 2.45) is 5.92 Å². The highest BCUT2D eigenvalue weighted by Crippen LogP contribution is 2.23. The molecule has 5 heteroatoms. The topological polar surface area (TPSA) is 20.3 Å². The van der Waals surface area contributed by atoms with Crippen LogP contribution in [0.2, 0.25) is 0 Å². The molecule has 0 unspecified atom stereocenters. The number of alkyl halides is 3. The number of rotatable bonds is 2. The molecule has 1 aliphatic rings. The van der Waals surface area contributed by atoms with Gasteiger partial charge in [0.15, 0.2) is 0 Å². The number of likely N-dealkylation sites (tertiary alicyclic amines) is 1. The van der Waals surface area contributed by atoms with Gasteiger partial charge in [-0.2, -0.15) is 0 Å². The fourth-order valence-corrected chi connectivity index (χ4v) is 1.58. The summed E-state index contributed by atoms with van der Waals surface area (Å²) in [6.07, 6.45) is -1.95. The average molecular weight is 212 g/mol. The van der Waals surface area contributed by atoms with Crippen LogP contribution in [0.4, 0.5) is 8.78 Å².